The van der Waals surface area contributed by atoms with Gasteiger partial charge in [0, 0.05) is 11.1 Å². The van der Waals surface area contributed by atoms with Crippen molar-refractivity contribution in [2.24, 2.45) is 0 Å². The standard InChI is InChI=1S/C10H7ClOS/c11-10(12)6-7-2-1-3-9-8(7)4-5-13-9/h1-5H,6H2. The van der Waals surface area contributed by atoms with E-state index in [0.29, 0.717) is 6.42 Å². The number of carbonyl (C=O) groups excluding carboxylic acids is 1. The zero-order chi connectivity index (χ0) is 9.26. The molecule has 13 heavy (non-hydrogen) atoms. The van der Waals surface area contributed by atoms with Crippen molar-refractivity contribution in [3.05, 3.63) is 35.2 Å². The molecule has 0 amide bonds. The minimum atomic E-state index is -0.307. The summed E-state index contributed by atoms with van der Waals surface area (Å²) in [5.41, 5.74) is 1.01. The van der Waals surface area contributed by atoms with Crippen LogP contribution in [0.5, 0.6) is 0 Å². The van der Waals surface area contributed by atoms with E-state index in [4.69, 9.17) is 11.6 Å². The Bertz CT molecular complexity index is 447. The fourth-order valence-electron chi connectivity index (χ4n) is 1.36. The Hall–Kier alpha value is -0.860. The minimum Gasteiger partial charge on any atom is -0.281 e. The number of rotatable bonds is 2. The highest BCUT2D eigenvalue weighted by atomic mass is 35.5. The second-order valence-corrected chi connectivity index (χ2v) is 4.15. The SMILES string of the molecule is O=C(Cl)Cc1cccc2sccc12. The Balaban J connectivity index is 2.54. The molecule has 0 aliphatic heterocycles. The van der Waals surface area contributed by atoms with E-state index in [1.54, 1.807) is 11.3 Å². The zero-order valence-electron chi connectivity index (χ0n) is 6.79. The van der Waals surface area contributed by atoms with Crippen molar-refractivity contribution < 1.29 is 4.79 Å². The van der Waals surface area contributed by atoms with Crippen molar-refractivity contribution in [2.45, 2.75) is 6.42 Å². The van der Waals surface area contributed by atoms with E-state index in [0.717, 1.165) is 10.9 Å². The van der Waals surface area contributed by atoms with Crippen LogP contribution < -0.4 is 0 Å². The Morgan fingerprint density at radius 3 is 3.00 bits per heavy atom. The van der Waals surface area contributed by atoms with Gasteiger partial charge in [-0.3, -0.25) is 4.79 Å². The fourth-order valence-corrected chi connectivity index (χ4v) is 2.34. The summed E-state index contributed by atoms with van der Waals surface area (Å²) in [6.45, 7) is 0. The first-order valence-corrected chi connectivity index (χ1v) is 5.16. The first-order chi connectivity index (χ1) is 6.27. The smallest absolute Gasteiger partial charge is 0.226 e. The third-order valence-corrected chi connectivity index (χ3v) is 2.93. The van der Waals surface area contributed by atoms with Crippen LogP contribution in [0, 0.1) is 0 Å². The molecular weight excluding hydrogens is 204 g/mol. The van der Waals surface area contributed by atoms with E-state index in [2.05, 4.69) is 0 Å². The lowest BCUT2D eigenvalue weighted by Gasteiger charge is -1.98. The Morgan fingerprint density at radius 1 is 1.38 bits per heavy atom. The molecule has 0 aliphatic rings. The average Bonchev–Trinajstić information content (AvgIpc) is 2.51. The van der Waals surface area contributed by atoms with Crippen LogP contribution in [0.15, 0.2) is 29.6 Å². The lowest BCUT2D eigenvalue weighted by molar-refractivity contribution is -0.111. The quantitative estimate of drug-likeness (QED) is 0.696. The number of hydrogen-bond donors (Lipinski definition) is 0. The number of carbonyl (C=O) groups is 1. The molecule has 1 aromatic heterocycles. The van der Waals surface area contributed by atoms with Gasteiger partial charge in [-0.1, -0.05) is 12.1 Å². The first kappa shape index (κ1) is 8.73. The van der Waals surface area contributed by atoms with Crippen LogP contribution in [0.1, 0.15) is 5.56 Å². The van der Waals surface area contributed by atoms with Gasteiger partial charge < -0.3 is 0 Å². The van der Waals surface area contributed by atoms with E-state index >= 15 is 0 Å². The monoisotopic (exact) mass is 210 g/mol. The van der Waals surface area contributed by atoms with Crippen molar-refractivity contribution >= 4 is 38.3 Å². The Kier molecular flexibility index (Phi) is 2.34. The Labute approximate surface area is 84.9 Å². The summed E-state index contributed by atoms with van der Waals surface area (Å²) >= 11 is 7.02. The van der Waals surface area contributed by atoms with Crippen molar-refractivity contribution in [3.63, 3.8) is 0 Å². The molecule has 0 radical (unpaired) electrons. The molecule has 0 spiro atoms. The van der Waals surface area contributed by atoms with Crippen LogP contribution in [0.3, 0.4) is 0 Å². The summed E-state index contributed by atoms with van der Waals surface area (Å²) < 4.78 is 1.20. The van der Waals surface area contributed by atoms with Gasteiger partial charge in [-0.25, -0.2) is 0 Å². The van der Waals surface area contributed by atoms with Gasteiger partial charge in [-0.15, -0.1) is 11.3 Å². The Morgan fingerprint density at radius 2 is 2.23 bits per heavy atom. The second kappa shape index (κ2) is 3.48. The third kappa shape index (κ3) is 1.74. The molecule has 1 nitrogen and oxygen atoms in total. The molecule has 1 aromatic carbocycles. The van der Waals surface area contributed by atoms with Crippen molar-refractivity contribution in [3.8, 4) is 0 Å². The number of halogens is 1. The first-order valence-electron chi connectivity index (χ1n) is 3.91. The molecule has 0 saturated heterocycles. The summed E-state index contributed by atoms with van der Waals surface area (Å²) in [6, 6.07) is 7.96. The molecule has 0 atom stereocenters. The average molecular weight is 211 g/mol. The van der Waals surface area contributed by atoms with Gasteiger partial charge in [0.05, 0.1) is 0 Å². The predicted molar refractivity (Wildman–Crippen MR) is 56.4 cm³/mol. The number of thiophene rings is 1. The van der Waals surface area contributed by atoms with Gasteiger partial charge in [-0.05, 0) is 40.1 Å². The van der Waals surface area contributed by atoms with Gasteiger partial charge in [0.1, 0.15) is 0 Å². The largest absolute Gasteiger partial charge is 0.281 e. The molecule has 0 fully saturated rings. The maximum atomic E-state index is 10.7. The molecule has 3 heteroatoms. The van der Waals surface area contributed by atoms with Crippen molar-refractivity contribution in [1.82, 2.24) is 0 Å². The molecule has 0 unspecified atom stereocenters. The van der Waals surface area contributed by atoms with Gasteiger partial charge in [0.2, 0.25) is 5.24 Å². The number of fused-ring (bicyclic) bond motifs is 1. The van der Waals surface area contributed by atoms with Gasteiger partial charge in [0.15, 0.2) is 0 Å². The molecule has 0 bridgehead atoms. The minimum absolute atomic E-state index is 0.307. The molecule has 66 valence electrons. The second-order valence-electron chi connectivity index (χ2n) is 2.78. The fraction of sp³-hybridized carbons (Fsp3) is 0.100. The topological polar surface area (TPSA) is 17.1 Å². The molecule has 2 rings (SSSR count). The number of benzene rings is 1. The van der Waals surface area contributed by atoms with E-state index < -0.39 is 0 Å². The maximum Gasteiger partial charge on any atom is 0.226 e. The number of hydrogen-bond acceptors (Lipinski definition) is 2. The van der Waals surface area contributed by atoms with Gasteiger partial charge in [-0.2, -0.15) is 0 Å². The van der Waals surface area contributed by atoms with Gasteiger partial charge in [0.25, 0.3) is 0 Å². The lowest BCUT2D eigenvalue weighted by Crippen LogP contribution is -1.92. The van der Waals surface area contributed by atoms with Crippen LogP contribution in [-0.4, -0.2) is 5.24 Å². The van der Waals surface area contributed by atoms with Gasteiger partial charge >= 0.3 is 0 Å². The van der Waals surface area contributed by atoms with E-state index in [1.807, 2.05) is 29.6 Å². The van der Waals surface area contributed by atoms with Crippen molar-refractivity contribution in [2.75, 3.05) is 0 Å². The highest BCUT2D eigenvalue weighted by Gasteiger charge is 2.04. The summed E-state index contributed by atoms with van der Waals surface area (Å²) in [5.74, 6) is 0. The zero-order valence-corrected chi connectivity index (χ0v) is 8.36. The summed E-state index contributed by atoms with van der Waals surface area (Å²) in [7, 11) is 0. The van der Waals surface area contributed by atoms with Crippen LogP contribution in [0.4, 0.5) is 0 Å². The summed E-state index contributed by atoms with van der Waals surface area (Å²) in [6.07, 6.45) is 0.315. The van der Waals surface area contributed by atoms with E-state index in [1.165, 1.54) is 4.70 Å². The van der Waals surface area contributed by atoms with Crippen LogP contribution in [-0.2, 0) is 11.2 Å². The summed E-state index contributed by atoms with van der Waals surface area (Å²) in [5, 5.41) is 2.85. The predicted octanol–water partition coefficient (Wildman–Crippen LogP) is 3.21. The molecule has 2 aromatic rings. The molecule has 0 N–H and O–H groups in total. The van der Waals surface area contributed by atoms with Crippen LogP contribution >= 0.6 is 22.9 Å². The van der Waals surface area contributed by atoms with Crippen molar-refractivity contribution in [1.29, 1.82) is 0 Å². The highest BCUT2D eigenvalue weighted by molar-refractivity contribution is 7.17. The van der Waals surface area contributed by atoms with Crippen LogP contribution in [0.2, 0.25) is 0 Å². The lowest BCUT2D eigenvalue weighted by atomic mass is 10.1. The summed E-state index contributed by atoms with van der Waals surface area (Å²) in [4.78, 5) is 10.7. The molecule has 1 heterocycles. The van der Waals surface area contributed by atoms with E-state index in [-0.39, 0.29) is 5.24 Å². The molecule has 0 aliphatic carbocycles. The highest BCUT2D eigenvalue weighted by Crippen LogP contribution is 2.24. The maximum absolute atomic E-state index is 10.7. The molecular formula is C10H7ClOS. The normalized spacial score (nSPS) is 10.5. The van der Waals surface area contributed by atoms with E-state index in [9.17, 15) is 4.79 Å². The van der Waals surface area contributed by atoms with Crippen LogP contribution in [0.25, 0.3) is 10.1 Å². The molecule has 0 saturated carbocycles. The third-order valence-electron chi connectivity index (χ3n) is 1.92.